The van der Waals surface area contributed by atoms with Crippen molar-refractivity contribution >= 4 is 16.7 Å². The Balaban J connectivity index is 2.22. The molecule has 0 bridgehead atoms. The van der Waals surface area contributed by atoms with Gasteiger partial charge in [0.2, 0.25) is 0 Å². The van der Waals surface area contributed by atoms with Gasteiger partial charge in [-0.1, -0.05) is 20.8 Å². The van der Waals surface area contributed by atoms with Crippen LogP contribution in [0.15, 0.2) is 18.2 Å². The number of rotatable bonds is 2. The average Bonchev–Trinajstić information content (AvgIpc) is 3.08. The average molecular weight is 257 g/mol. The summed E-state index contributed by atoms with van der Waals surface area (Å²) >= 11 is 0. The van der Waals surface area contributed by atoms with Gasteiger partial charge in [-0.3, -0.25) is 0 Å². The van der Waals surface area contributed by atoms with Crippen LogP contribution in [0, 0.1) is 5.41 Å². The van der Waals surface area contributed by atoms with Crippen molar-refractivity contribution < 1.29 is 0 Å². The fourth-order valence-corrected chi connectivity index (χ4v) is 2.56. The van der Waals surface area contributed by atoms with E-state index >= 15 is 0 Å². The van der Waals surface area contributed by atoms with Crippen molar-refractivity contribution in [2.45, 2.75) is 52.5 Å². The highest BCUT2D eigenvalue weighted by Crippen LogP contribution is 2.44. The number of aromatic nitrogens is 2. The van der Waals surface area contributed by atoms with Crippen LogP contribution in [-0.2, 0) is 0 Å². The number of hydrogen-bond donors (Lipinski definition) is 1. The van der Waals surface area contributed by atoms with Crippen molar-refractivity contribution in [3.8, 4) is 0 Å². The third-order valence-corrected chi connectivity index (χ3v) is 4.32. The molecule has 2 N–H and O–H groups in total. The second-order valence-electron chi connectivity index (χ2n) is 6.90. The number of benzene rings is 1. The van der Waals surface area contributed by atoms with Gasteiger partial charge in [-0.05, 0) is 43.4 Å². The van der Waals surface area contributed by atoms with E-state index in [0.29, 0.717) is 12.0 Å². The van der Waals surface area contributed by atoms with E-state index in [1.165, 1.54) is 24.2 Å². The molecule has 0 aliphatic heterocycles. The van der Waals surface area contributed by atoms with E-state index in [0.717, 1.165) is 11.2 Å². The van der Waals surface area contributed by atoms with E-state index in [4.69, 9.17) is 10.7 Å². The maximum Gasteiger partial charge on any atom is 0.113 e. The SMILES string of the molecule is CC(n1c(C2CC2)nc2cc(N)ccc21)C(C)(C)C. The minimum absolute atomic E-state index is 0.221. The minimum Gasteiger partial charge on any atom is -0.399 e. The van der Waals surface area contributed by atoms with Crippen molar-refractivity contribution in [3.63, 3.8) is 0 Å². The molecule has 2 aromatic rings. The van der Waals surface area contributed by atoms with Crippen LogP contribution in [-0.4, -0.2) is 9.55 Å². The zero-order valence-electron chi connectivity index (χ0n) is 12.3. The van der Waals surface area contributed by atoms with Gasteiger partial charge < -0.3 is 10.3 Å². The minimum atomic E-state index is 0.221. The summed E-state index contributed by atoms with van der Waals surface area (Å²) in [7, 11) is 0. The first-order valence-corrected chi connectivity index (χ1v) is 7.15. The van der Waals surface area contributed by atoms with Gasteiger partial charge in [0.25, 0.3) is 0 Å². The fraction of sp³-hybridized carbons (Fsp3) is 0.562. The molecule has 1 aromatic carbocycles. The molecule has 1 heterocycles. The van der Waals surface area contributed by atoms with Crippen molar-refractivity contribution in [1.82, 2.24) is 9.55 Å². The summed E-state index contributed by atoms with van der Waals surface area (Å²) in [6, 6.07) is 6.52. The molecule has 1 saturated carbocycles. The van der Waals surface area contributed by atoms with Crippen LogP contribution < -0.4 is 5.73 Å². The number of fused-ring (bicyclic) bond motifs is 1. The molecule has 1 fully saturated rings. The topological polar surface area (TPSA) is 43.8 Å². The smallest absolute Gasteiger partial charge is 0.113 e. The number of imidazole rings is 1. The first-order valence-electron chi connectivity index (χ1n) is 7.15. The molecular weight excluding hydrogens is 234 g/mol. The predicted octanol–water partition coefficient (Wildman–Crippen LogP) is 4.10. The zero-order chi connectivity index (χ0) is 13.8. The largest absolute Gasteiger partial charge is 0.399 e. The molecule has 3 nitrogen and oxygen atoms in total. The van der Waals surface area contributed by atoms with Crippen LogP contribution in [0.25, 0.3) is 11.0 Å². The second kappa shape index (κ2) is 3.99. The Kier molecular flexibility index (Phi) is 2.63. The Labute approximate surface area is 114 Å². The summed E-state index contributed by atoms with van der Waals surface area (Å²) in [5.74, 6) is 1.90. The lowest BCUT2D eigenvalue weighted by atomic mass is 9.87. The van der Waals surface area contributed by atoms with Crippen LogP contribution in [0.2, 0.25) is 0 Å². The molecular formula is C16H23N3. The summed E-state index contributed by atoms with van der Waals surface area (Å²) in [6.07, 6.45) is 2.55. The Hall–Kier alpha value is -1.51. The summed E-state index contributed by atoms with van der Waals surface area (Å²) in [5, 5.41) is 0. The molecule has 1 atom stereocenters. The van der Waals surface area contributed by atoms with Crippen molar-refractivity contribution in [1.29, 1.82) is 0 Å². The number of hydrogen-bond acceptors (Lipinski definition) is 2. The van der Waals surface area contributed by atoms with Crippen LogP contribution in [0.5, 0.6) is 0 Å². The van der Waals surface area contributed by atoms with Crippen LogP contribution in [0.4, 0.5) is 5.69 Å². The van der Waals surface area contributed by atoms with E-state index in [9.17, 15) is 0 Å². The Morgan fingerprint density at radius 3 is 2.58 bits per heavy atom. The second-order valence-corrected chi connectivity index (χ2v) is 6.90. The van der Waals surface area contributed by atoms with Gasteiger partial charge in [0.1, 0.15) is 5.82 Å². The predicted molar refractivity (Wildman–Crippen MR) is 80.3 cm³/mol. The molecule has 3 rings (SSSR count). The summed E-state index contributed by atoms with van der Waals surface area (Å²) in [5.41, 5.74) is 9.16. The number of nitrogens with two attached hydrogens (primary N) is 1. The lowest BCUT2D eigenvalue weighted by Gasteiger charge is -2.30. The highest BCUT2D eigenvalue weighted by atomic mass is 15.1. The highest BCUT2D eigenvalue weighted by Gasteiger charge is 2.33. The van der Waals surface area contributed by atoms with Gasteiger partial charge in [0, 0.05) is 17.6 Å². The van der Waals surface area contributed by atoms with Gasteiger partial charge in [-0.2, -0.15) is 0 Å². The van der Waals surface area contributed by atoms with E-state index in [2.05, 4.69) is 38.3 Å². The van der Waals surface area contributed by atoms with Crippen LogP contribution in [0.3, 0.4) is 0 Å². The summed E-state index contributed by atoms with van der Waals surface area (Å²) in [6.45, 7) is 9.16. The Morgan fingerprint density at radius 1 is 1.32 bits per heavy atom. The van der Waals surface area contributed by atoms with E-state index in [1.54, 1.807) is 0 Å². The normalized spacial score (nSPS) is 17.9. The van der Waals surface area contributed by atoms with Gasteiger partial charge in [-0.15, -0.1) is 0 Å². The van der Waals surface area contributed by atoms with E-state index < -0.39 is 0 Å². The maximum atomic E-state index is 5.89. The molecule has 102 valence electrons. The molecule has 1 aliphatic carbocycles. The standard InChI is InChI=1S/C16H23N3/c1-10(16(2,3)4)19-14-8-7-12(17)9-13(14)18-15(19)11-5-6-11/h7-11H,5-6,17H2,1-4H3. The molecule has 0 saturated heterocycles. The van der Waals surface area contributed by atoms with E-state index in [1.807, 2.05) is 12.1 Å². The van der Waals surface area contributed by atoms with Crippen LogP contribution in [0.1, 0.15) is 58.3 Å². The number of anilines is 1. The Bertz CT molecular complexity index is 615. The lowest BCUT2D eigenvalue weighted by molar-refractivity contribution is 0.262. The van der Waals surface area contributed by atoms with Crippen molar-refractivity contribution in [2.24, 2.45) is 5.41 Å². The zero-order valence-corrected chi connectivity index (χ0v) is 12.3. The monoisotopic (exact) mass is 257 g/mol. The molecule has 0 amide bonds. The summed E-state index contributed by atoms with van der Waals surface area (Å²) < 4.78 is 2.44. The molecule has 1 unspecified atom stereocenters. The molecule has 1 aliphatic rings. The Morgan fingerprint density at radius 2 is 2.00 bits per heavy atom. The summed E-state index contributed by atoms with van der Waals surface area (Å²) in [4.78, 5) is 4.85. The fourth-order valence-electron chi connectivity index (χ4n) is 2.56. The van der Waals surface area contributed by atoms with Crippen molar-refractivity contribution in [3.05, 3.63) is 24.0 Å². The molecule has 0 radical (unpaired) electrons. The van der Waals surface area contributed by atoms with Gasteiger partial charge in [0.15, 0.2) is 0 Å². The first-order chi connectivity index (χ1) is 8.88. The lowest BCUT2D eigenvalue weighted by Crippen LogP contribution is -2.23. The third-order valence-electron chi connectivity index (χ3n) is 4.32. The number of nitrogen functional groups attached to an aromatic ring is 1. The first kappa shape index (κ1) is 12.5. The van der Waals surface area contributed by atoms with Crippen molar-refractivity contribution in [2.75, 3.05) is 5.73 Å². The molecule has 1 aromatic heterocycles. The van der Waals surface area contributed by atoms with Gasteiger partial charge in [-0.25, -0.2) is 4.98 Å². The third kappa shape index (κ3) is 2.11. The maximum absolute atomic E-state index is 5.89. The molecule has 19 heavy (non-hydrogen) atoms. The highest BCUT2D eigenvalue weighted by molar-refractivity contribution is 5.80. The molecule has 3 heteroatoms. The molecule has 0 spiro atoms. The van der Waals surface area contributed by atoms with Gasteiger partial charge in [0.05, 0.1) is 11.0 Å². The quantitative estimate of drug-likeness (QED) is 0.823. The number of nitrogens with zero attached hydrogens (tertiary/aromatic N) is 2. The van der Waals surface area contributed by atoms with Crippen LogP contribution >= 0.6 is 0 Å². The van der Waals surface area contributed by atoms with Gasteiger partial charge >= 0.3 is 0 Å². The van der Waals surface area contributed by atoms with E-state index in [-0.39, 0.29) is 5.41 Å².